The third-order valence-electron chi connectivity index (χ3n) is 3.87. The lowest BCUT2D eigenvalue weighted by atomic mass is 9.97. The standard InChI is InChI=1S/C16H19FN2O.ClH/c1-12-4-5-13(17)11-14(12)16(15-3-2-10-20-15)19-8-6-18-7-9-19;/h2-5,10-11,16,18H,6-9H2,1H3;1H/t16-;/m1./s1. The van der Waals surface area contributed by atoms with Gasteiger partial charge in [-0.25, -0.2) is 4.39 Å². The molecule has 114 valence electrons. The Morgan fingerprint density at radius 2 is 2.00 bits per heavy atom. The third kappa shape index (κ3) is 3.46. The summed E-state index contributed by atoms with van der Waals surface area (Å²) in [6, 6.07) is 8.82. The van der Waals surface area contributed by atoms with Gasteiger partial charge in [0.2, 0.25) is 0 Å². The molecule has 0 saturated carbocycles. The second kappa shape index (κ2) is 7.07. The van der Waals surface area contributed by atoms with Gasteiger partial charge in [0.05, 0.1) is 12.3 Å². The Morgan fingerprint density at radius 3 is 2.67 bits per heavy atom. The van der Waals surface area contributed by atoms with Crippen molar-refractivity contribution in [2.75, 3.05) is 26.2 Å². The van der Waals surface area contributed by atoms with Crippen molar-refractivity contribution in [2.45, 2.75) is 13.0 Å². The molecule has 1 N–H and O–H groups in total. The summed E-state index contributed by atoms with van der Waals surface area (Å²) >= 11 is 0. The molecule has 0 spiro atoms. The molecule has 2 heterocycles. The number of hydrogen-bond acceptors (Lipinski definition) is 3. The minimum absolute atomic E-state index is 0. The van der Waals surface area contributed by atoms with Gasteiger partial charge >= 0.3 is 0 Å². The molecule has 0 unspecified atom stereocenters. The average molecular weight is 311 g/mol. The minimum Gasteiger partial charge on any atom is -0.467 e. The van der Waals surface area contributed by atoms with Crippen LogP contribution in [-0.4, -0.2) is 31.1 Å². The predicted octanol–water partition coefficient (Wildman–Crippen LogP) is 3.14. The Balaban J connectivity index is 0.00000161. The maximum absolute atomic E-state index is 13.7. The highest BCUT2D eigenvalue weighted by Gasteiger charge is 2.27. The van der Waals surface area contributed by atoms with Crippen molar-refractivity contribution in [1.82, 2.24) is 10.2 Å². The molecule has 1 aromatic heterocycles. The summed E-state index contributed by atoms with van der Waals surface area (Å²) in [5.74, 6) is 0.679. The van der Waals surface area contributed by atoms with Gasteiger partial charge in [0.25, 0.3) is 0 Å². The van der Waals surface area contributed by atoms with E-state index in [1.54, 1.807) is 12.3 Å². The lowest BCUT2D eigenvalue weighted by Gasteiger charge is -2.34. The molecule has 0 radical (unpaired) electrons. The molecule has 1 aliphatic rings. The Labute approximate surface area is 130 Å². The van der Waals surface area contributed by atoms with Gasteiger partial charge in [-0.05, 0) is 42.3 Å². The summed E-state index contributed by atoms with van der Waals surface area (Å²) in [5.41, 5.74) is 2.08. The molecule has 21 heavy (non-hydrogen) atoms. The molecule has 1 atom stereocenters. The van der Waals surface area contributed by atoms with E-state index in [9.17, 15) is 4.39 Å². The van der Waals surface area contributed by atoms with Crippen LogP contribution in [0.4, 0.5) is 4.39 Å². The number of piperazine rings is 1. The lowest BCUT2D eigenvalue weighted by molar-refractivity contribution is 0.179. The summed E-state index contributed by atoms with van der Waals surface area (Å²) in [7, 11) is 0. The maximum atomic E-state index is 13.7. The number of furan rings is 1. The molecule has 1 aromatic carbocycles. The summed E-state index contributed by atoms with van der Waals surface area (Å²) in [6.45, 7) is 5.78. The first-order valence-electron chi connectivity index (χ1n) is 7.00. The van der Waals surface area contributed by atoms with Crippen molar-refractivity contribution < 1.29 is 8.81 Å². The van der Waals surface area contributed by atoms with Gasteiger partial charge < -0.3 is 9.73 Å². The number of aryl methyl sites for hydroxylation is 1. The predicted molar refractivity (Wildman–Crippen MR) is 83.4 cm³/mol. The van der Waals surface area contributed by atoms with E-state index in [0.29, 0.717) is 0 Å². The van der Waals surface area contributed by atoms with Crippen molar-refractivity contribution in [1.29, 1.82) is 0 Å². The number of hydrogen-bond donors (Lipinski definition) is 1. The summed E-state index contributed by atoms with van der Waals surface area (Å²) in [4.78, 5) is 2.34. The number of rotatable bonds is 3. The van der Waals surface area contributed by atoms with E-state index < -0.39 is 0 Å². The highest BCUT2D eigenvalue weighted by atomic mass is 35.5. The van der Waals surface area contributed by atoms with Crippen LogP contribution in [0.1, 0.15) is 22.9 Å². The van der Waals surface area contributed by atoms with Gasteiger partial charge in [0.1, 0.15) is 11.6 Å². The molecule has 0 bridgehead atoms. The van der Waals surface area contributed by atoms with Crippen molar-refractivity contribution in [3.05, 3.63) is 59.3 Å². The number of benzene rings is 1. The molecule has 0 aliphatic carbocycles. The first-order valence-corrected chi connectivity index (χ1v) is 7.00. The van der Waals surface area contributed by atoms with Crippen molar-refractivity contribution >= 4 is 12.4 Å². The second-order valence-corrected chi connectivity index (χ2v) is 5.20. The Kier molecular flexibility index (Phi) is 5.39. The fraction of sp³-hybridized carbons (Fsp3) is 0.375. The van der Waals surface area contributed by atoms with Gasteiger partial charge in [-0.15, -0.1) is 12.4 Å². The maximum Gasteiger partial charge on any atom is 0.125 e. The van der Waals surface area contributed by atoms with E-state index in [1.165, 1.54) is 6.07 Å². The molecule has 1 aliphatic heterocycles. The van der Waals surface area contributed by atoms with Crippen molar-refractivity contribution in [3.8, 4) is 0 Å². The van der Waals surface area contributed by atoms with Crippen LogP contribution in [0.15, 0.2) is 41.0 Å². The quantitative estimate of drug-likeness (QED) is 0.944. The SMILES string of the molecule is Cc1ccc(F)cc1[C@H](c1ccco1)N1CCNCC1.Cl. The smallest absolute Gasteiger partial charge is 0.125 e. The van der Waals surface area contributed by atoms with Crippen LogP contribution in [0.25, 0.3) is 0 Å². The van der Waals surface area contributed by atoms with Crippen LogP contribution in [0.3, 0.4) is 0 Å². The normalized spacial score (nSPS) is 17.2. The zero-order valence-electron chi connectivity index (χ0n) is 12.0. The van der Waals surface area contributed by atoms with Crippen LogP contribution < -0.4 is 5.32 Å². The van der Waals surface area contributed by atoms with Crippen LogP contribution in [0.5, 0.6) is 0 Å². The highest BCUT2D eigenvalue weighted by Crippen LogP contribution is 2.31. The Morgan fingerprint density at radius 1 is 1.24 bits per heavy atom. The molecule has 0 amide bonds. The molecular formula is C16H20ClFN2O. The van der Waals surface area contributed by atoms with Crippen LogP contribution >= 0.6 is 12.4 Å². The molecule has 3 rings (SSSR count). The lowest BCUT2D eigenvalue weighted by Crippen LogP contribution is -2.45. The molecule has 3 nitrogen and oxygen atoms in total. The van der Waals surface area contributed by atoms with Crippen LogP contribution in [0, 0.1) is 12.7 Å². The van der Waals surface area contributed by atoms with Gasteiger partial charge in [-0.2, -0.15) is 0 Å². The van der Waals surface area contributed by atoms with Gasteiger partial charge in [-0.3, -0.25) is 4.90 Å². The zero-order valence-corrected chi connectivity index (χ0v) is 12.8. The fourth-order valence-electron chi connectivity index (χ4n) is 2.82. The second-order valence-electron chi connectivity index (χ2n) is 5.20. The minimum atomic E-state index is -0.197. The summed E-state index contributed by atoms with van der Waals surface area (Å²) < 4.78 is 19.3. The Hall–Kier alpha value is -1.36. The first kappa shape index (κ1) is 16.0. The van der Waals surface area contributed by atoms with E-state index in [4.69, 9.17) is 4.42 Å². The van der Waals surface area contributed by atoms with Crippen molar-refractivity contribution in [2.24, 2.45) is 0 Å². The van der Waals surface area contributed by atoms with Gasteiger partial charge in [0.15, 0.2) is 0 Å². The first-order chi connectivity index (χ1) is 9.75. The zero-order chi connectivity index (χ0) is 13.9. The van der Waals surface area contributed by atoms with Gasteiger partial charge in [-0.1, -0.05) is 6.07 Å². The average Bonchev–Trinajstić information content (AvgIpc) is 2.98. The van der Waals surface area contributed by atoms with Gasteiger partial charge in [0, 0.05) is 26.2 Å². The van der Waals surface area contributed by atoms with Crippen LogP contribution in [0.2, 0.25) is 0 Å². The highest BCUT2D eigenvalue weighted by molar-refractivity contribution is 5.85. The summed E-state index contributed by atoms with van der Waals surface area (Å²) in [5, 5.41) is 3.35. The van der Waals surface area contributed by atoms with E-state index in [0.717, 1.165) is 43.1 Å². The molecule has 1 fully saturated rings. The fourth-order valence-corrected chi connectivity index (χ4v) is 2.82. The third-order valence-corrected chi connectivity index (χ3v) is 3.87. The molecule has 5 heteroatoms. The van der Waals surface area contributed by atoms with E-state index in [1.807, 2.05) is 25.1 Å². The van der Waals surface area contributed by atoms with Crippen molar-refractivity contribution in [3.63, 3.8) is 0 Å². The van der Waals surface area contributed by atoms with E-state index in [-0.39, 0.29) is 24.3 Å². The van der Waals surface area contributed by atoms with E-state index >= 15 is 0 Å². The number of nitrogens with zero attached hydrogens (tertiary/aromatic N) is 1. The largest absolute Gasteiger partial charge is 0.467 e. The molecule has 1 saturated heterocycles. The van der Waals surface area contributed by atoms with Crippen LogP contribution in [-0.2, 0) is 0 Å². The molecular weight excluding hydrogens is 291 g/mol. The van der Waals surface area contributed by atoms with E-state index in [2.05, 4.69) is 10.2 Å². The number of nitrogens with one attached hydrogen (secondary N) is 1. The monoisotopic (exact) mass is 310 g/mol. The summed E-state index contributed by atoms with van der Waals surface area (Å²) in [6.07, 6.45) is 1.68. The number of halogens is 2. The Bertz CT molecular complexity index is 568. The molecule has 2 aromatic rings. The topological polar surface area (TPSA) is 28.4 Å².